The first-order valence-electron chi connectivity index (χ1n) is 8.74. The standard InChI is InChI=1S/C20H19N3O2S/c1-26-18-5-3-2-4-14(18)19-15-8-9-21-20(15)23(22-19)13-6-7-16-17(12-13)25-11-10-24-16/h2-7,12,21H,8-11H2,1H3. The molecule has 3 aromatic rings. The molecule has 0 saturated carbocycles. The van der Waals surface area contributed by atoms with Gasteiger partial charge in [0.2, 0.25) is 0 Å². The first-order chi connectivity index (χ1) is 12.8. The first-order valence-corrected chi connectivity index (χ1v) is 9.97. The Bertz CT molecular complexity index is 983. The summed E-state index contributed by atoms with van der Waals surface area (Å²) >= 11 is 1.75. The Morgan fingerprint density at radius 1 is 1.08 bits per heavy atom. The van der Waals surface area contributed by atoms with Crippen molar-refractivity contribution in [1.82, 2.24) is 9.78 Å². The summed E-state index contributed by atoms with van der Waals surface area (Å²) < 4.78 is 13.4. The number of hydrogen-bond donors (Lipinski definition) is 1. The fourth-order valence-electron chi connectivity index (χ4n) is 3.58. The van der Waals surface area contributed by atoms with Gasteiger partial charge in [0.25, 0.3) is 0 Å². The minimum absolute atomic E-state index is 0.582. The van der Waals surface area contributed by atoms with Crippen LogP contribution < -0.4 is 14.8 Å². The van der Waals surface area contributed by atoms with E-state index in [2.05, 4.69) is 35.8 Å². The fourth-order valence-corrected chi connectivity index (χ4v) is 4.18. The lowest BCUT2D eigenvalue weighted by atomic mass is 10.1. The predicted octanol–water partition coefficient (Wildman–Crippen LogP) is 4.00. The summed E-state index contributed by atoms with van der Waals surface area (Å²) in [5.41, 5.74) is 4.51. The third-order valence-corrected chi connectivity index (χ3v) is 5.58. The Morgan fingerprint density at radius 2 is 1.92 bits per heavy atom. The quantitative estimate of drug-likeness (QED) is 0.711. The number of hydrogen-bond acceptors (Lipinski definition) is 5. The van der Waals surface area contributed by atoms with Crippen molar-refractivity contribution in [3.05, 3.63) is 48.0 Å². The molecule has 0 fully saturated rings. The van der Waals surface area contributed by atoms with Gasteiger partial charge in [-0.25, -0.2) is 4.68 Å². The molecule has 2 aliphatic heterocycles. The molecular formula is C20H19N3O2S. The second-order valence-electron chi connectivity index (χ2n) is 6.29. The van der Waals surface area contributed by atoms with Gasteiger partial charge in [-0.1, -0.05) is 18.2 Å². The van der Waals surface area contributed by atoms with E-state index in [0.29, 0.717) is 13.2 Å². The van der Waals surface area contributed by atoms with Crippen molar-refractivity contribution < 1.29 is 9.47 Å². The van der Waals surface area contributed by atoms with E-state index in [1.54, 1.807) is 11.8 Å². The topological polar surface area (TPSA) is 48.3 Å². The lowest BCUT2D eigenvalue weighted by molar-refractivity contribution is 0.171. The van der Waals surface area contributed by atoms with Crippen LogP contribution in [0, 0.1) is 0 Å². The number of nitrogens with zero attached hydrogens (tertiary/aromatic N) is 2. The first kappa shape index (κ1) is 15.6. The molecule has 0 spiro atoms. The minimum Gasteiger partial charge on any atom is -0.486 e. The molecule has 0 bridgehead atoms. The van der Waals surface area contributed by atoms with E-state index in [0.717, 1.165) is 41.7 Å². The van der Waals surface area contributed by atoms with Crippen LogP contribution in [0.5, 0.6) is 11.5 Å². The van der Waals surface area contributed by atoms with E-state index >= 15 is 0 Å². The van der Waals surface area contributed by atoms with Gasteiger partial charge < -0.3 is 14.8 Å². The minimum atomic E-state index is 0.582. The van der Waals surface area contributed by atoms with Crippen LogP contribution in [0.4, 0.5) is 5.82 Å². The molecule has 132 valence electrons. The number of thioether (sulfide) groups is 1. The van der Waals surface area contributed by atoms with Crippen molar-refractivity contribution in [2.75, 3.05) is 31.3 Å². The van der Waals surface area contributed by atoms with E-state index in [1.807, 2.05) is 22.9 Å². The monoisotopic (exact) mass is 365 g/mol. The van der Waals surface area contributed by atoms with Crippen molar-refractivity contribution >= 4 is 17.6 Å². The van der Waals surface area contributed by atoms with E-state index in [9.17, 15) is 0 Å². The number of nitrogens with one attached hydrogen (secondary N) is 1. The van der Waals surface area contributed by atoms with Crippen LogP contribution in [-0.2, 0) is 6.42 Å². The van der Waals surface area contributed by atoms with Crippen LogP contribution in [0.2, 0.25) is 0 Å². The van der Waals surface area contributed by atoms with Gasteiger partial charge in [0.05, 0.1) is 11.4 Å². The summed E-state index contributed by atoms with van der Waals surface area (Å²) in [7, 11) is 0. The molecule has 2 aromatic carbocycles. The second kappa shape index (κ2) is 6.29. The van der Waals surface area contributed by atoms with Crippen LogP contribution in [0.25, 0.3) is 16.9 Å². The number of fused-ring (bicyclic) bond motifs is 2. The molecule has 3 heterocycles. The maximum atomic E-state index is 5.74. The molecule has 5 rings (SSSR count). The van der Waals surface area contributed by atoms with Crippen LogP contribution in [0.15, 0.2) is 47.4 Å². The largest absolute Gasteiger partial charge is 0.486 e. The van der Waals surface area contributed by atoms with Gasteiger partial charge in [-0.05, 0) is 30.9 Å². The Morgan fingerprint density at radius 3 is 2.81 bits per heavy atom. The van der Waals surface area contributed by atoms with Crippen molar-refractivity contribution in [1.29, 1.82) is 0 Å². The van der Waals surface area contributed by atoms with Crippen LogP contribution >= 0.6 is 11.8 Å². The lowest BCUT2D eigenvalue weighted by Gasteiger charge is -2.19. The molecule has 0 amide bonds. The van der Waals surface area contributed by atoms with E-state index in [4.69, 9.17) is 14.6 Å². The van der Waals surface area contributed by atoms with Crippen molar-refractivity contribution in [2.45, 2.75) is 11.3 Å². The van der Waals surface area contributed by atoms with Gasteiger partial charge in [-0.2, -0.15) is 5.10 Å². The number of aromatic nitrogens is 2. The molecule has 0 unspecified atom stereocenters. The maximum Gasteiger partial charge on any atom is 0.163 e. The highest BCUT2D eigenvalue weighted by atomic mass is 32.2. The summed E-state index contributed by atoms with van der Waals surface area (Å²) in [6, 6.07) is 14.5. The average Bonchev–Trinajstić information content (AvgIpc) is 3.30. The Labute approximate surface area is 156 Å². The van der Waals surface area contributed by atoms with Crippen LogP contribution in [0.3, 0.4) is 0 Å². The van der Waals surface area contributed by atoms with E-state index < -0.39 is 0 Å². The summed E-state index contributed by atoms with van der Waals surface area (Å²) in [4.78, 5) is 1.24. The zero-order valence-electron chi connectivity index (χ0n) is 14.5. The predicted molar refractivity (Wildman–Crippen MR) is 104 cm³/mol. The van der Waals surface area contributed by atoms with Crippen LogP contribution in [-0.4, -0.2) is 35.8 Å². The average molecular weight is 365 g/mol. The molecule has 2 aliphatic rings. The molecule has 6 heteroatoms. The molecule has 1 N–H and O–H groups in total. The van der Waals surface area contributed by atoms with Gasteiger partial charge >= 0.3 is 0 Å². The molecule has 5 nitrogen and oxygen atoms in total. The molecular weight excluding hydrogens is 346 g/mol. The normalized spacial score (nSPS) is 14.8. The van der Waals surface area contributed by atoms with E-state index in [1.165, 1.54) is 16.0 Å². The molecule has 0 atom stereocenters. The molecule has 0 aliphatic carbocycles. The van der Waals surface area contributed by atoms with Gasteiger partial charge in [0.1, 0.15) is 19.0 Å². The van der Waals surface area contributed by atoms with Crippen molar-refractivity contribution in [3.63, 3.8) is 0 Å². The second-order valence-corrected chi connectivity index (χ2v) is 7.14. The van der Waals surface area contributed by atoms with Gasteiger partial charge in [0, 0.05) is 28.6 Å². The lowest BCUT2D eigenvalue weighted by Crippen LogP contribution is -2.15. The highest BCUT2D eigenvalue weighted by molar-refractivity contribution is 7.98. The molecule has 1 aromatic heterocycles. The zero-order chi connectivity index (χ0) is 17.5. The summed E-state index contributed by atoms with van der Waals surface area (Å²) in [5.74, 6) is 2.65. The third-order valence-electron chi connectivity index (χ3n) is 4.78. The Hall–Kier alpha value is -2.60. The fraction of sp³-hybridized carbons (Fsp3) is 0.250. The number of benzene rings is 2. The Balaban J connectivity index is 1.65. The summed E-state index contributed by atoms with van der Waals surface area (Å²) in [5, 5.41) is 8.47. The smallest absolute Gasteiger partial charge is 0.163 e. The van der Waals surface area contributed by atoms with Crippen LogP contribution in [0.1, 0.15) is 5.56 Å². The van der Waals surface area contributed by atoms with Crippen molar-refractivity contribution in [2.24, 2.45) is 0 Å². The molecule has 0 saturated heterocycles. The van der Waals surface area contributed by atoms with Gasteiger partial charge in [0.15, 0.2) is 11.5 Å². The van der Waals surface area contributed by atoms with E-state index in [-0.39, 0.29) is 0 Å². The van der Waals surface area contributed by atoms with Gasteiger partial charge in [-0.3, -0.25) is 0 Å². The van der Waals surface area contributed by atoms with Crippen molar-refractivity contribution in [3.8, 4) is 28.4 Å². The molecule has 0 radical (unpaired) electrons. The summed E-state index contributed by atoms with van der Waals surface area (Å²) in [6.45, 7) is 2.12. The third kappa shape index (κ3) is 2.44. The number of anilines is 1. The number of rotatable bonds is 3. The SMILES string of the molecule is CSc1ccccc1-c1nn(-c2ccc3c(c2)OCCO3)c2c1CCN2. The highest BCUT2D eigenvalue weighted by Crippen LogP contribution is 2.39. The summed E-state index contributed by atoms with van der Waals surface area (Å²) in [6.07, 6.45) is 3.09. The Kier molecular flexibility index (Phi) is 3.78. The molecule has 26 heavy (non-hydrogen) atoms. The zero-order valence-corrected chi connectivity index (χ0v) is 15.3. The highest BCUT2D eigenvalue weighted by Gasteiger charge is 2.25. The van der Waals surface area contributed by atoms with Gasteiger partial charge in [-0.15, -0.1) is 11.8 Å². The number of ether oxygens (including phenoxy) is 2. The maximum absolute atomic E-state index is 5.74.